The molecule has 168 valence electrons. The first-order valence-electron chi connectivity index (χ1n) is 10.5. The maximum Gasteiger partial charge on any atom is 0.276 e. The average molecular weight is 469 g/mol. The highest BCUT2D eigenvalue weighted by atomic mass is 32.1. The zero-order chi connectivity index (χ0) is 23.7. The van der Waals surface area contributed by atoms with Gasteiger partial charge in [0.15, 0.2) is 11.5 Å². The van der Waals surface area contributed by atoms with Crippen molar-refractivity contribution in [3.05, 3.63) is 83.6 Å². The molecule has 2 amide bonds. The largest absolute Gasteiger partial charge is 0.326 e. The van der Waals surface area contributed by atoms with E-state index in [1.54, 1.807) is 46.4 Å². The summed E-state index contributed by atoms with van der Waals surface area (Å²) in [6.07, 6.45) is 0. The van der Waals surface area contributed by atoms with Gasteiger partial charge in [-0.1, -0.05) is 12.1 Å². The van der Waals surface area contributed by atoms with Gasteiger partial charge in [0.25, 0.3) is 5.91 Å². The number of anilines is 2. The summed E-state index contributed by atoms with van der Waals surface area (Å²) < 4.78 is 2.73. The lowest BCUT2D eigenvalue weighted by atomic mass is 10.1. The van der Waals surface area contributed by atoms with E-state index in [1.165, 1.54) is 6.92 Å². The van der Waals surface area contributed by atoms with Crippen molar-refractivity contribution in [2.24, 2.45) is 0 Å². The van der Waals surface area contributed by atoms with Gasteiger partial charge in [-0.25, -0.2) is 14.6 Å². The first-order valence-corrected chi connectivity index (χ1v) is 11.4. The quantitative estimate of drug-likeness (QED) is 0.375. The Bertz CT molecular complexity index is 1520. The van der Waals surface area contributed by atoms with Gasteiger partial charge >= 0.3 is 0 Å². The van der Waals surface area contributed by atoms with E-state index >= 15 is 0 Å². The molecular weight excluding hydrogens is 448 g/mol. The van der Waals surface area contributed by atoms with Crippen LogP contribution in [0.2, 0.25) is 0 Å². The molecule has 0 aliphatic carbocycles. The van der Waals surface area contributed by atoms with Gasteiger partial charge in [0, 0.05) is 29.6 Å². The highest BCUT2D eigenvalue weighted by Crippen LogP contribution is 2.29. The van der Waals surface area contributed by atoms with Gasteiger partial charge < -0.3 is 10.6 Å². The molecular formula is C25H20N6O2S. The number of nitrogens with one attached hydrogen (secondary N) is 2. The van der Waals surface area contributed by atoms with Gasteiger partial charge in [-0.05, 0) is 61.5 Å². The molecule has 0 unspecified atom stereocenters. The molecule has 0 spiro atoms. The van der Waals surface area contributed by atoms with Crippen LogP contribution in [0.3, 0.4) is 0 Å². The van der Waals surface area contributed by atoms with Crippen LogP contribution in [-0.4, -0.2) is 31.6 Å². The number of pyridine rings is 1. The number of benzene rings is 2. The second kappa shape index (κ2) is 8.87. The smallest absolute Gasteiger partial charge is 0.276 e. The van der Waals surface area contributed by atoms with Crippen molar-refractivity contribution in [3.63, 3.8) is 0 Å². The predicted molar refractivity (Wildman–Crippen MR) is 133 cm³/mol. The van der Waals surface area contributed by atoms with Crippen molar-refractivity contribution in [2.75, 3.05) is 10.6 Å². The van der Waals surface area contributed by atoms with Crippen molar-refractivity contribution in [1.29, 1.82) is 0 Å². The lowest BCUT2D eigenvalue weighted by Crippen LogP contribution is -2.13. The number of nitrogens with zero attached hydrogens (tertiary/aromatic N) is 4. The number of thiazole rings is 1. The maximum absolute atomic E-state index is 13.1. The van der Waals surface area contributed by atoms with Crippen LogP contribution in [0.15, 0.2) is 72.2 Å². The molecule has 0 aliphatic heterocycles. The molecule has 0 saturated heterocycles. The van der Waals surface area contributed by atoms with Crippen LogP contribution in [0.25, 0.3) is 27.3 Å². The van der Waals surface area contributed by atoms with Crippen LogP contribution in [0.4, 0.5) is 11.4 Å². The van der Waals surface area contributed by atoms with Gasteiger partial charge in [0.1, 0.15) is 0 Å². The Hall–Kier alpha value is -4.37. The molecule has 9 heteroatoms. The van der Waals surface area contributed by atoms with Crippen LogP contribution < -0.4 is 10.6 Å². The summed E-state index contributed by atoms with van der Waals surface area (Å²) in [5.74, 6) is 0.119. The summed E-state index contributed by atoms with van der Waals surface area (Å²) in [7, 11) is 0. The number of amides is 2. The van der Waals surface area contributed by atoms with Gasteiger partial charge in [-0.2, -0.15) is 5.10 Å². The van der Waals surface area contributed by atoms with Crippen LogP contribution in [0.1, 0.15) is 23.1 Å². The fourth-order valence-electron chi connectivity index (χ4n) is 3.57. The molecule has 0 bridgehead atoms. The average Bonchev–Trinajstić information content (AvgIpc) is 3.47. The van der Waals surface area contributed by atoms with Gasteiger partial charge in [-0.3, -0.25) is 9.59 Å². The van der Waals surface area contributed by atoms with Gasteiger partial charge in [-0.15, -0.1) is 11.3 Å². The minimum atomic E-state index is -0.348. The number of hydrogen-bond acceptors (Lipinski definition) is 6. The number of rotatable bonds is 5. The molecule has 8 nitrogen and oxygen atoms in total. The summed E-state index contributed by atoms with van der Waals surface area (Å²) in [4.78, 5) is 33.2. The van der Waals surface area contributed by atoms with E-state index in [1.807, 2.05) is 48.8 Å². The molecule has 0 fully saturated rings. The second-order valence-corrected chi connectivity index (χ2v) is 8.60. The molecule has 2 N–H and O–H groups in total. The molecule has 0 atom stereocenters. The monoisotopic (exact) mass is 468 g/mol. The Kier molecular flexibility index (Phi) is 5.60. The molecule has 34 heavy (non-hydrogen) atoms. The highest BCUT2D eigenvalue weighted by molar-refractivity contribution is 7.16. The predicted octanol–water partition coefficient (Wildman–Crippen LogP) is 5.06. The van der Waals surface area contributed by atoms with Gasteiger partial charge in [0.2, 0.25) is 5.91 Å². The van der Waals surface area contributed by atoms with Crippen molar-refractivity contribution in [1.82, 2.24) is 19.7 Å². The Morgan fingerprint density at radius 2 is 1.71 bits per heavy atom. The van der Waals surface area contributed by atoms with E-state index in [0.717, 1.165) is 27.2 Å². The van der Waals surface area contributed by atoms with E-state index in [0.29, 0.717) is 17.2 Å². The lowest BCUT2D eigenvalue weighted by Gasteiger charge is -2.07. The van der Waals surface area contributed by atoms with E-state index in [2.05, 4.69) is 25.7 Å². The Labute approximate surface area is 199 Å². The highest BCUT2D eigenvalue weighted by Gasteiger charge is 2.18. The third-order valence-corrected chi connectivity index (χ3v) is 5.91. The standard InChI is InChI=1S/C25H20N6O2S/c1-15-4-3-5-24(27-15)31-22(17-6-11-20-23(12-17)34-14-26-20)13-21(30-31)25(33)29-19-9-7-18(8-10-19)28-16(2)32/h3-14H,1-2H3,(H,28,32)(H,29,33). The fourth-order valence-corrected chi connectivity index (χ4v) is 4.28. The van der Waals surface area contributed by atoms with Crippen molar-refractivity contribution in [2.45, 2.75) is 13.8 Å². The summed E-state index contributed by atoms with van der Waals surface area (Å²) in [6, 6.07) is 20.3. The Morgan fingerprint density at radius 3 is 2.44 bits per heavy atom. The second-order valence-electron chi connectivity index (χ2n) is 7.71. The number of carbonyl (C=O) groups excluding carboxylic acids is 2. The van der Waals surface area contributed by atoms with Gasteiger partial charge in [0.05, 0.1) is 21.4 Å². The number of aryl methyl sites for hydroxylation is 1. The first kappa shape index (κ1) is 21.5. The van der Waals surface area contributed by atoms with Crippen molar-refractivity contribution in [3.8, 4) is 17.1 Å². The minimum absolute atomic E-state index is 0.156. The molecule has 5 rings (SSSR count). The zero-order valence-electron chi connectivity index (χ0n) is 18.4. The van der Waals surface area contributed by atoms with Crippen LogP contribution in [0.5, 0.6) is 0 Å². The zero-order valence-corrected chi connectivity index (χ0v) is 19.3. The van der Waals surface area contributed by atoms with E-state index < -0.39 is 0 Å². The summed E-state index contributed by atoms with van der Waals surface area (Å²) in [5.41, 5.74) is 6.75. The van der Waals surface area contributed by atoms with E-state index in [-0.39, 0.29) is 17.5 Å². The van der Waals surface area contributed by atoms with Crippen LogP contribution >= 0.6 is 11.3 Å². The van der Waals surface area contributed by atoms with E-state index in [4.69, 9.17) is 0 Å². The third kappa shape index (κ3) is 4.41. The SMILES string of the molecule is CC(=O)Nc1ccc(NC(=O)c2cc(-c3ccc4ncsc4c3)n(-c3cccc(C)n3)n2)cc1. The number of aromatic nitrogens is 4. The summed E-state index contributed by atoms with van der Waals surface area (Å²) in [5, 5.41) is 10.2. The molecule has 3 heterocycles. The van der Waals surface area contributed by atoms with Crippen molar-refractivity contribution >= 4 is 44.7 Å². The summed E-state index contributed by atoms with van der Waals surface area (Å²) >= 11 is 1.56. The van der Waals surface area contributed by atoms with Crippen molar-refractivity contribution < 1.29 is 9.59 Å². The first-order chi connectivity index (χ1) is 16.5. The topological polar surface area (TPSA) is 102 Å². The molecule has 2 aromatic carbocycles. The third-order valence-electron chi connectivity index (χ3n) is 5.12. The molecule has 0 aliphatic rings. The number of hydrogen-bond donors (Lipinski definition) is 2. The maximum atomic E-state index is 13.1. The van der Waals surface area contributed by atoms with Crippen LogP contribution in [0, 0.1) is 6.92 Å². The number of fused-ring (bicyclic) bond motifs is 1. The molecule has 5 aromatic rings. The van der Waals surface area contributed by atoms with E-state index in [9.17, 15) is 9.59 Å². The Morgan fingerprint density at radius 1 is 0.941 bits per heavy atom. The number of carbonyl (C=O) groups is 2. The summed E-state index contributed by atoms with van der Waals surface area (Å²) in [6.45, 7) is 3.35. The molecule has 0 radical (unpaired) electrons. The normalized spacial score (nSPS) is 10.9. The lowest BCUT2D eigenvalue weighted by molar-refractivity contribution is -0.114. The van der Waals surface area contributed by atoms with Crippen LogP contribution in [-0.2, 0) is 4.79 Å². The molecule has 0 saturated carbocycles. The molecule has 3 aromatic heterocycles. The minimum Gasteiger partial charge on any atom is -0.326 e. The fraction of sp³-hybridized carbons (Fsp3) is 0.0800. The Balaban J connectivity index is 1.50.